The average molecular weight is 164 g/mol. The number of hydrogen-bond acceptors (Lipinski definition) is 2. The van der Waals surface area contributed by atoms with Crippen LogP contribution >= 0.6 is 0 Å². The highest BCUT2D eigenvalue weighted by molar-refractivity contribution is 5.02. The van der Waals surface area contributed by atoms with Gasteiger partial charge in [0, 0.05) is 19.0 Å². The summed E-state index contributed by atoms with van der Waals surface area (Å²) in [5.74, 6) is 0.878. The first kappa shape index (κ1) is 8.07. The standard InChI is InChI=1S/C10H16N2/c1-8-6-9(8)12-7-10(2-3-10)4-5-11/h8-9,12H,2-4,6-7H2,1H3. The van der Waals surface area contributed by atoms with Crippen LogP contribution < -0.4 is 5.32 Å². The monoisotopic (exact) mass is 164 g/mol. The minimum absolute atomic E-state index is 0.386. The van der Waals surface area contributed by atoms with Crippen LogP contribution in [0.3, 0.4) is 0 Å². The predicted octanol–water partition coefficient (Wildman–Crippen LogP) is 1.68. The number of nitrogens with zero attached hydrogens (tertiary/aromatic N) is 1. The molecule has 0 spiro atoms. The minimum Gasteiger partial charge on any atom is -0.313 e. The molecule has 1 N–H and O–H groups in total. The van der Waals surface area contributed by atoms with Crippen LogP contribution in [0.1, 0.15) is 32.6 Å². The lowest BCUT2D eigenvalue weighted by Gasteiger charge is -2.11. The van der Waals surface area contributed by atoms with Crippen LogP contribution in [-0.4, -0.2) is 12.6 Å². The van der Waals surface area contributed by atoms with Gasteiger partial charge in [0.2, 0.25) is 0 Å². The van der Waals surface area contributed by atoms with E-state index in [0.717, 1.165) is 24.9 Å². The first-order valence-corrected chi connectivity index (χ1v) is 4.86. The molecule has 2 unspecified atom stereocenters. The van der Waals surface area contributed by atoms with E-state index in [2.05, 4.69) is 18.3 Å². The van der Waals surface area contributed by atoms with Gasteiger partial charge >= 0.3 is 0 Å². The highest BCUT2D eigenvalue weighted by atomic mass is 15.0. The molecule has 0 saturated heterocycles. The Hall–Kier alpha value is -0.550. The summed E-state index contributed by atoms with van der Waals surface area (Å²) in [6.45, 7) is 3.36. The fourth-order valence-corrected chi connectivity index (χ4v) is 1.71. The van der Waals surface area contributed by atoms with Crippen molar-refractivity contribution in [1.29, 1.82) is 5.26 Å². The highest BCUT2D eigenvalue weighted by Crippen LogP contribution is 2.48. The van der Waals surface area contributed by atoms with E-state index in [1.807, 2.05) is 0 Å². The zero-order valence-corrected chi connectivity index (χ0v) is 7.64. The second-order valence-corrected chi connectivity index (χ2v) is 4.54. The summed E-state index contributed by atoms with van der Waals surface area (Å²) < 4.78 is 0. The highest BCUT2D eigenvalue weighted by Gasteiger charge is 2.44. The molecule has 2 saturated carbocycles. The second-order valence-electron chi connectivity index (χ2n) is 4.54. The number of nitriles is 1. The summed E-state index contributed by atoms with van der Waals surface area (Å²) in [6, 6.07) is 3.05. The van der Waals surface area contributed by atoms with Crippen molar-refractivity contribution in [1.82, 2.24) is 5.32 Å². The van der Waals surface area contributed by atoms with Gasteiger partial charge in [-0.2, -0.15) is 5.26 Å². The molecular formula is C10H16N2. The molecule has 0 aromatic carbocycles. The van der Waals surface area contributed by atoms with Crippen molar-refractivity contribution in [2.45, 2.75) is 38.6 Å². The van der Waals surface area contributed by atoms with Crippen molar-refractivity contribution < 1.29 is 0 Å². The minimum atomic E-state index is 0.386. The Morgan fingerprint density at radius 3 is 2.67 bits per heavy atom. The summed E-state index contributed by atoms with van der Waals surface area (Å²) in [5, 5.41) is 12.1. The van der Waals surface area contributed by atoms with E-state index < -0.39 is 0 Å². The average Bonchev–Trinajstić information content (AvgIpc) is 2.89. The second kappa shape index (κ2) is 2.74. The molecule has 2 fully saturated rings. The molecule has 2 aliphatic rings. The van der Waals surface area contributed by atoms with Crippen LogP contribution in [0.15, 0.2) is 0 Å². The molecule has 2 aliphatic carbocycles. The van der Waals surface area contributed by atoms with Crippen molar-refractivity contribution in [2.75, 3.05) is 6.54 Å². The van der Waals surface area contributed by atoms with E-state index in [0.29, 0.717) is 5.41 Å². The fourth-order valence-electron chi connectivity index (χ4n) is 1.71. The molecule has 0 bridgehead atoms. The molecular weight excluding hydrogens is 148 g/mol. The van der Waals surface area contributed by atoms with Gasteiger partial charge in [0.15, 0.2) is 0 Å². The molecule has 2 atom stereocenters. The fraction of sp³-hybridized carbons (Fsp3) is 0.900. The van der Waals surface area contributed by atoms with Crippen LogP contribution in [0.25, 0.3) is 0 Å². The first-order chi connectivity index (χ1) is 5.76. The van der Waals surface area contributed by atoms with Gasteiger partial charge in [-0.15, -0.1) is 0 Å². The van der Waals surface area contributed by atoms with Gasteiger partial charge in [-0.25, -0.2) is 0 Å². The van der Waals surface area contributed by atoms with E-state index >= 15 is 0 Å². The normalized spacial score (nSPS) is 35.7. The Morgan fingerprint density at radius 2 is 2.25 bits per heavy atom. The molecule has 0 aliphatic heterocycles. The van der Waals surface area contributed by atoms with Crippen LogP contribution in [0.4, 0.5) is 0 Å². The van der Waals surface area contributed by atoms with Crippen LogP contribution in [0.2, 0.25) is 0 Å². The Kier molecular flexibility index (Phi) is 1.84. The maximum absolute atomic E-state index is 8.60. The molecule has 66 valence electrons. The third kappa shape index (κ3) is 1.61. The third-order valence-corrected chi connectivity index (χ3v) is 3.26. The molecule has 2 rings (SSSR count). The molecule has 12 heavy (non-hydrogen) atoms. The van der Waals surface area contributed by atoms with E-state index in [1.165, 1.54) is 19.3 Å². The van der Waals surface area contributed by atoms with E-state index in [9.17, 15) is 0 Å². The van der Waals surface area contributed by atoms with Crippen molar-refractivity contribution in [3.8, 4) is 6.07 Å². The Balaban J connectivity index is 1.69. The Morgan fingerprint density at radius 1 is 1.58 bits per heavy atom. The summed E-state index contributed by atoms with van der Waals surface area (Å²) >= 11 is 0. The molecule has 0 radical (unpaired) electrons. The molecule has 0 aromatic rings. The molecule has 0 heterocycles. The summed E-state index contributed by atoms with van der Waals surface area (Å²) in [6.07, 6.45) is 4.60. The van der Waals surface area contributed by atoms with Crippen LogP contribution in [-0.2, 0) is 0 Å². The predicted molar refractivity (Wildman–Crippen MR) is 47.5 cm³/mol. The van der Waals surface area contributed by atoms with Crippen molar-refractivity contribution in [2.24, 2.45) is 11.3 Å². The van der Waals surface area contributed by atoms with Gasteiger partial charge in [-0.1, -0.05) is 6.92 Å². The zero-order valence-electron chi connectivity index (χ0n) is 7.64. The lowest BCUT2D eigenvalue weighted by molar-refractivity contribution is 0.459. The smallest absolute Gasteiger partial charge is 0.0628 e. The van der Waals surface area contributed by atoms with Crippen LogP contribution in [0.5, 0.6) is 0 Å². The van der Waals surface area contributed by atoms with Crippen molar-refractivity contribution >= 4 is 0 Å². The lowest BCUT2D eigenvalue weighted by Crippen LogP contribution is -2.26. The zero-order chi connectivity index (χ0) is 8.60. The summed E-state index contributed by atoms with van der Waals surface area (Å²) in [5.41, 5.74) is 0.386. The maximum Gasteiger partial charge on any atom is 0.0628 e. The SMILES string of the molecule is CC1CC1NCC1(CC#N)CC1. The third-order valence-electron chi connectivity index (χ3n) is 3.26. The molecule has 2 nitrogen and oxygen atoms in total. The first-order valence-electron chi connectivity index (χ1n) is 4.86. The Labute approximate surface area is 74.0 Å². The van der Waals surface area contributed by atoms with Crippen molar-refractivity contribution in [3.63, 3.8) is 0 Å². The maximum atomic E-state index is 8.60. The van der Waals surface area contributed by atoms with E-state index in [-0.39, 0.29) is 0 Å². The van der Waals surface area contributed by atoms with Gasteiger partial charge in [-0.05, 0) is 30.6 Å². The lowest BCUT2D eigenvalue weighted by atomic mass is 10.0. The summed E-state index contributed by atoms with van der Waals surface area (Å²) in [7, 11) is 0. The van der Waals surface area contributed by atoms with E-state index in [1.54, 1.807) is 0 Å². The number of rotatable bonds is 4. The quantitative estimate of drug-likeness (QED) is 0.686. The molecule has 2 heteroatoms. The van der Waals surface area contributed by atoms with Crippen molar-refractivity contribution in [3.05, 3.63) is 0 Å². The number of nitrogens with one attached hydrogen (secondary N) is 1. The van der Waals surface area contributed by atoms with Gasteiger partial charge in [0.25, 0.3) is 0 Å². The van der Waals surface area contributed by atoms with E-state index in [4.69, 9.17) is 5.26 Å². The topological polar surface area (TPSA) is 35.8 Å². The molecule has 0 amide bonds. The number of hydrogen-bond donors (Lipinski definition) is 1. The summed E-state index contributed by atoms with van der Waals surface area (Å²) in [4.78, 5) is 0. The van der Waals surface area contributed by atoms with Gasteiger partial charge in [-0.3, -0.25) is 0 Å². The molecule has 0 aromatic heterocycles. The van der Waals surface area contributed by atoms with Gasteiger partial charge in [0.05, 0.1) is 6.07 Å². The van der Waals surface area contributed by atoms with Crippen LogP contribution in [0, 0.1) is 22.7 Å². The van der Waals surface area contributed by atoms with Gasteiger partial charge in [0.1, 0.15) is 0 Å². The largest absolute Gasteiger partial charge is 0.313 e. The Bertz CT molecular complexity index is 212. The van der Waals surface area contributed by atoms with Gasteiger partial charge < -0.3 is 5.32 Å².